The summed E-state index contributed by atoms with van der Waals surface area (Å²) in [5.41, 5.74) is 1.46. The molecule has 0 radical (unpaired) electrons. The van der Waals surface area contributed by atoms with Gasteiger partial charge < -0.3 is 9.87 Å². The molecule has 0 saturated carbocycles. The lowest BCUT2D eigenvalue weighted by molar-refractivity contribution is 0.0951. The van der Waals surface area contributed by atoms with Gasteiger partial charge in [-0.15, -0.1) is 0 Å². The van der Waals surface area contributed by atoms with E-state index in [1.54, 1.807) is 12.1 Å². The highest BCUT2D eigenvalue weighted by Gasteiger charge is 2.34. The highest BCUT2D eigenvalue weighted by molar-refractivity contribution is 7.97. The molecule has 0 saturated heterocycles. The van der Waals surface area contributed by atoms with Crippen molar-refractivity contribution in [3.63, 3.8) is 0 Å². The van der Waals surface area contributed by atoms with Crippen LogP contribution in [0.4, 0.5) is 18.9 Å². The molecule has 5 nitrogen and oxygen atoms in total. The van der Waals surface area contributed by atoms with E-state index in [0.717, 1.165) is 12.1 Å². The smallest absolute Gasteiger partial charge is 0.251 e. The zero-order valence-electron chi connectivity index (χ0n) is 16.3. The molecule has 9 heteroatoms. The summed E-state index contributed by atoms with van der Waals surface area (Å²) in [6, 6.07) is 13.0. The lowest BCUT2D eigenvalue weighted by Crippen LogP contribution is -2.28. The van der Waals surface area contributed by atoms with Gasteiger partial charge in [0, 0.05) is 18.2 Å². The molecule has 2 N–H and O–H groups in total. The van der Waals surface area contributed by atoms with Gasteiger partial charge in [0.1, 0.15) is 17.2 Å². The highest BCUT2D eigenvalue weighted by Crippen LogP contribution is 2.31. The third-order valence-electron chi connectivity index (χ3n) is 4.76. The number of rotatable bonds is 4. The molecule has 3 aromatic rings. The molecular formula is C23H15F3N2O3S. The van der Waals surface area contributed by atoms with Crippen molar-refractivity contribution in [3.05, 3.63) is 105 Å². The van der Waals surface area contributed by atoms with Gasteiger partial charge in [0.25, 0.3) is 5.91 Å². The maximum absolute atomic E-state index is 13.5. The Hall–Kier alpha value is -3.56. The van der Waals surface area contributed by atoms with E-state index in [1.807, 2.05) is 0 Å². The molecule has 162 valence electrons. The number of ketones is 1. The topological polar surface area (TPSA) is 81.3 Å². The molecule has 1 atom stereocenters. The Balaban J connectivity index is 1.56. The SMILES string of the molecule is O=C(NCc1ccc(F)cc1)c1ccc2c(c1)C(=O)/C(=C\c1ccc(F)c(F)c1)[S+]([O-])N2. The van der Waals surface area contributed by atoms with Gasteiger partial charge in [0.05, 0.1) is 11.3 Å². The molecule has 3 aromatic carbocycles. The number of benzene rings is 3. The maximum Gasteiger partial charge on any atom is 0.251 e. The third-order valence-corrected chi connectivity index (χ3v) is 5.87. The molecular weight excluding hydrogens is 441 g/mol. The van der Waals surface area contributed by atoms with Crippen LogP contribution < -0.4 is 10.0 Å². The number of halogens is 3. The average Bonchev–Trinajstić information content (AvgIpc) is 2.78. The van der Waals surface area contributed by atoms with Crippen LogP contribution in [0.25, 0.3) is 6.08 Å². The van der Waals surface area contributed by atoms with Crippen LogP contribution in [0.3, 0.4) is 0 Å². The van der Waals surface area contributed by atoms with Crippen LogP contribution in [0, 0.1) is 17.5 Å². The second-order valence-corrected chi connectivity index (χ2v) is 8.13. The fourth-order valence-corrected chi connectivity index (χ4v) is 4.10. The second kappa shape index (κ2) is 8.89. The monoisotopic (exact) mass is 456 g/mol. The van der Waals surface area contributed by atoms with Crippen molar-refractivity contribution < 1.29 is 27.3 Å². The Labute approximate surface area is 184 Å². The number of fused-ring (bicyclic) bond motifs is 1. The molecule has 0 spiro atoms. The van der Waals surface area contributed by atoms with Crippen molar-refractivity contribution >= 4 is 34.8 Å². The number of hydrogen-bond donors (Lipinski definition) is 2. The molecule has 1 aliphatic rings. The molecule has 0 aliphatic carbocycles. The predicted molar refractivity (Wildman–Crippen MR) is 114 cm³/mol. The molecule has 0 fully saturated rings. The van der Waals surface area contributed by atoms with Crippen LogP contribution in [0.1, 0.15) is 31.8 Å². The summed E-state index contributed by atoms with van der Waals surface area (Å²) < 4.78 is 54.7. The number of hydrogen-bond acceptors (Lipinski definition) is 4. The number of Topliss-reactive ketones (excluding diaryl/α,β-unsaturated/α-hetero) is 1. The minimum atomic E-state index is -1.92. The molecule has 1 amide bonds. The number of anilines is 1. The van der Waals surface area contributed by atoms with E-state index in [9.17, 15) is 27.3 Å². The first kappa shape index (κ1) is 21.7. The first-order valence-electron chi connectivity index (χ1n) is 9.38. The summed E-state index contributed by atoms with van der Waals surface area (Å²) in [6.45, 7) is 0.160. The Morgan fingerprint density at radius 1 is 1.00 bits per heavy atom. The lowest BCUT2D eigenvalue weighted by Gasteiger charge is -2.21. The van der Waals surface area contributed by atoms with Crippen molar-refractivity contribution in [2.45, 2.75) is 6.54 Å². The molecule has 1 aliphatic heterocycles. The van der Waals surface area contributed by atoms with Gasteiger partial charge in [-0.2, -0.15) is 0 Å². The normalized spacial score (nSPS) is 16.4. The van der Waals surface area contributed by atoms with E-state index in [1.165, 1.54) is 42.5 Å². The summed E-state index contributed by atoms with van der Waals surface area (Å²) in [4.78, 5) is 25.3. The Bertz CT molecular complexity index is 1250. The molecule has 0 aromatic heterocycles. The first-order chi connectivity index (χ1) is 15.3. The number of amides is 1. The van der Waals surface area contributed by atoms with Crippen LogP contribution in [-0.2, 0) is 17.9 Å². The average molecular weight is 456 g/mol. The quantitative estimate of drug-likeness (QED) is 0.452. The van der Waals surface area contributed by atoms with E-state index < -0.39 is 34.7 Å². The molecule has 1 heterocycles. The standard InChI is InChI=1S/C23H15F3N2O3S/c24-16-5-1-13(2-6-16)12-27-23(30)15-4-8-20-17(11-15)22(29)21(32(31)28-20)10-14-3-7-18(25)19(26)9-14/h1-11,28H,12H2,(H,27,30)/b21-10+. The molecule has 32 heavy (non-hydrogen) atoms. The van der Waals surface area contributed by atoms with E-state index in [0.29, 0.717) is 5.56 Å². The Morgan fingerprint density at radius 3 is 2.47 bits per heavy atom. The number of carbonyl (C=O) groups is 2. The van der Waals surface area contributed by atoms with Gasteiger partial charge in [0.2, 0.25) is 10.7 Å². The zero-order valence-corrected chi connectivity index (χ0v) is 17.1. The van der Waals surface area contributed by atoms with Gasteiger partial charge in [-0.3, -0.25) is 9.59 Å². The lowest BCUT2D eigenvalue weighted by atomic mass is 10.0. The fourth-order valence-electron chi connectivity index (χ4n) is 3.09. The van der Waals surface area contributed by atoms with E-state index in [-0.39, 0.29) is 39.6 Å². The van der Waals surface area contributed by atoms with E-state index in [2.05, 4.69) is 10.0 Å². The van der Waals surface area contributed by atoms with Crippen LogP contribution in [0.5, 0.6) is 0 Å². The van der Waals surface area contributed by atoms with E-state index >= 15 is 0 Å². The van der Waals surface area contributed by atoms with Gasteiger partial charge in [0.15, 0.2) is 11.6 Å². The van der Waals surface area contributed by atoms with E-state index in [4.69, 9.17) is 0 Å². The van der Waals surface area contributed by atoms with Crippen molar-refractivity contribution in [1.82, 2.24) is 5.32 Å². The van der Waals surface area contributed by atoms with Crippen molar-refractivity contribution in [2.75, 3.05) is 4.72 Å². The van der Waals surface area contributed by atoms with Crippen LogP contribution in [0.2, 0.25) is 0 Å². The largest absolute Gasteiger partial charge is 0.588 e. The number of nitrogens with one attached hydrogen (secondary N) is 2. The minimum absolute atomic E-state index is 0.118. The second-order valence-electron chi connectivity index (χ2n) is 6.95. The van der Waals surface area contributed by atoms with Crippen molar-refractivity contribution in [3.8, 4) is 0 Å². The van der Waals surface area contributed by atoms with Gasteiger partial charge in [-0.25, -0.2) is 17.9 Å². The summed E-state index contributed by atoms with van der Waals surface area (Å²) >= 11 is -1.92. The Morgan fingerprint density at radius 2 is 1.75 bits per heavy atom. The van der Waals surface area contributed by atoms with Crippen LogP contribution >= 0.6 is 0 Å². The number of carbonyl (C=O) groups excluding carboxylic acids is 2. The van der Waals surface area contributed by atoms with Gasteiger partial charge >= 0.3 is 0 Å². The molecule has 0 bridgehead atoms. The highest BCUT2D eigenvalue weighted by atomic mass is 32.2. The van der Waals surface area contributed by atoms with Crippen LogP contribution in [0.15, 0.2) is 65.6 Å². The maximum atomic E-state index is 13.5. The number of allylic oxidation sites excluding steroid dienone is 1. The summed E-state index contributed by atoms with van der Waals surface area (Å²) in [6.07, 6.45) is 1.21. The van der Waals surface area contributed by atoms with Crippen LogP contribution in [-0.4, -0.2) is 16.2 Å². The van der Waals surface area contributed by atoms with Crippen molar-refractivity contribution in [2.24, 2.45) is 0 Å². The van der Waals surface area contributed by atoms with Gasteiger partial charge in [-0.1, -0.05) is 18.2 Å². The molecule has 4 rings (SSSR count). The predicted octanol–water partition coefficient (Wildman–Crippen LogP) is 4.35. The van der Waals surface area contributed by atoms with Crippen molar-refractivity contribution in [1.29, 1.82) is 0 Å². The minimum Gasteiger partial charge on any atom is -0.588 e. The summed E-state index contributed by atoms with van der Waals surface area (Å²) in [5, 5.41) is 2.68. The summed E-state index contributed by atoms with van der Waals surface area (Å²) in [5.74, 6) is -3.58. The first-order valence-corrected chi connectivity index (χ1v) is 10.5. The zero-order chi connectivity index (χ0) is 22.8. The van der Waals surface area contributed by atoms with Gasteiger partial charge in [-0.05, 0) is 53.6 Å². The Kier molecular flexibility index (Phi) is 6.02. The fraction of sp³-hybridized carbons (Fsp3) is 0.0435. The summed E-state index contributed by atoms with van der Waals surface area (Å²) in [7, 11) is 0. The third kappa shape index (κ3) is 4.53. The molecule has 1 unspecified atom stereocenters.